The van der Waals surface area contributed by atoms with E-state index in [1.54, 1.807) is 6.07 Å². The summed E-state index contributed by atoms with van der Waals surface area (Å²) < 4.78 is 14.8. The summed E-state index contributed by atoms with van der Waals surface area (Å²) in [4.78, 5) is 0. The molecule has 1 N–H and O–H groups in total. The van der Waals surface area contributed by atoms with Crippen molar-refractivity contribution < 1.29 is 4.39 Å². The predicted molar refractivity (Wildman–Crippen MR) is 80.7 cm³/mol. The minimum atomic E-state index is -0.194. The van der Waals surface area contributed by atoms with Crippen molar-refractivity contribution in [3.05, 3.63) is 69.9 Å². The molecule has 1 nitrogen and oxygen atoms in total. The summed E-state index contributed by atoms with van der Waals surface area (Å²) in [6.45, 7) is 2.96. The number of hydrogen-bond donors (Lipinski definition) is 1. The molecular weight excluding hydrogens is 305 g/mol. The number of halogens is 2. The van der Waals surface area contributed by atoms with E-state index in [4.69, 9.17) is 0 Å². The quantitative estimate of drug-likeness (QED) is 0.843. The van der Waals surface area contributed by atoms with Crippen LogP contribution in [0.5, 0.6) is 0 Å². The molecule has 0 amide bonds. The van der Waals surface area contributed by atoms with Gasteiger partial charge < -0.3 is 5.32 Å². The van der Waals surface area contributed by atoms with Gasteiger partial charge in [-0.2, -0.15) is 0 Å². The fraction of sp³-hybridized carbons (Fsp3) is 0.250. The molecule has 1 atom stereocenters. The van der Waals surface area contributed by atoms with Crippen molar-refractivity contribution in [3.8, 4) is 0 Å². The van der Waals surface area contributed by atoms with E-state index in [0.29, 0.717) is 10.0 Å². The van der Waals surface area contributed by atoms with Gasteiger partial charge in [-0.05, 0) is 40.5 Å². The fourth-order valence-corrected chi connectivity index (χ4v) is 2.47. The highest BCUT2D eigenvalue weighted by Crippen LogP contribution is 2.28. The van der Waals surface area contributed by atoms with Gasteiger partial charge in [-0.15, -0.1) is 0 Å². The van der Waals surface area contributed by atoms with Crippen molar-refractivity contribution in [2.45, 2.75) is 19.4 Å². The summed E-state index contributed by atoms with van der Waals surface area (Å²) in [5.41, 5.74) is 1.75. The predicted octanol–water partition coefficient (Wildman–Crippen LogP) is 4.68. The Kier molecular flexibility index (Phi) is 5.11. The van der Waals surface area contributed by atoms with E-state index in [1.807, 2.05) is 42.5 Å². The van der Waals surface area contributed by atoms with Crippen molar-refractivity contribution in [2.24, 2.45) is 0 Å². The monoisotopic (exact) mass is 321 g/mol. The summed E-state index contributed by atoms with van der Waals surface area (Å²) in [7, 11) is 0. The molecule has 0 aliphatic carbocycles. The molecule has 0 saturated heterocycles. The molecule has 0 spiro atoms. The molecule has 0 bridgehead atoms. The maximum Gasteiger partial charge on any atom is 0.142 e. The van der Waals surface area contributed by atoms with Crippen LogP contribution in [0.15, 0.2) is 53.0 Å². The maximum absolute atomic E-state index is 14.3. The first-order valence-electron chi connectivity index (χ1n) is 6.46. The van der Waals surface area contributed by atoms with Crippen LogP contribution >= 0.6 is 15.9 Å². The van der Waals surface area contributed by atoms with Gasteiger partial charge in [-0.25, -0.2) is 4.39 Å². The van der Waals surface area contributed by atoms with Crippen molar-refractivity contribution in [2.75, 3.05) is 6.54 Å². The van der Waals surface area contributed by atoms with Crippen LogP contribution in [-0.4, -0.2) is 6.54 Å². The third kappa shape index (κ3) is 3.43. The van der Waals surface area contributed by atoms with Gasteiger partial charge in [0.2, 0.25) is 0 Å². The number of benzene rings is 2. The maximum atomic E-state index is 14.3. The molecule has 100 valence electrons. The van der Waals surface area contributed by atoms with E-state index in [1.165, 1.54) is 0 Å². The summed E-state index contributed by atoms with van der Waals surface area (Å²) in [6.07, 6.45) is 1.01. The summed E-state index contributed by atoms with van der Waals surface area (Å²) in [5.74, 6) is -0.194. The molecule has 2 aromatic rings. The average molecular weight is 322 g/mol. The summed E-state index contributed by atoms with van der Waals surface area (Å²) in [5, 5.41) is 3.41. The molecule has 0 aliphatic heterocycles. The van der Waals surface area contributed by atoms with Crippen molar-refractivity contribution in [1.82, 2.24) is 5.32 Å². The number of nitrogens with one attached hydrogen (secondary N) is 1. The van der Waals surface area contributed by atoms with Crippen LogP contribution < -0.4 is 5.32 Å². The summed E-state index contributed by atoms with van der Waals surface area (Å²) in [6, 6.07) is 15.3. The van der Waals surface area contributed by atoms with Crippen LogP contribution in [-0.2, 0) is 0 Å². The zero-order valence-corrected chi connectivity index (χ0v) is 12.5. The van der Waals surface area contributed by atoms with Gasteiger partial charge in [0.25, 0.3) is 0 Å². The molecule has 0 heterocycles. The van der Waals surface area contributed by atoms with Crippen molar-refractivity contribution in [3.63, 3.8) is 0 Å². The smallest absolute Gasteiger partial charge is 0.142 e. The van der Waals surface area contributed by atoms with Crippen LogP contribution in [0.2, 0.25) is 0 Å². The third-order valence-corrected chi connectivity index (χ3v) is 3.64. The van der Waals surface area contributed by atoms with Gasteiger partial charge in [0.15, 0.2) is 0 Å². The van der Waals surface area contributed by atoms with E-state index >= 15 is 0 Å². The lowest BCUT2D eigenvalue weighted by atomic mass is 9.98. The largest absolute Gasteiger partial charge is 0.306 e. The second kappa shape index (κ2) is 6.83. The number of rotatable bonds is 5. The SMILES string of the molecule is CCCNC(c1ccccc1)c1cccc(Br)c1F. The Hall–Kier alpha value is -1.19. The molecule has 19 heavy (non-hydrogen) atoms. The molecule has 0 aliphatic rings. The lowest BCUT2D eigenvalue weighted by molar-refractivity contribution is 0.543. The Bertz CT molecular complexity index is 528. The molecular formula is C16H17BrFN. The standard InChI is InChI=1S/C16H17BrFN/c1-2-11-19-16(12-7-4-3-5-8-12)13-9-6-10-14(17)15(13)18/h3-10,16,19H,2,11H2,1H3. The van der Waals surface area contributed by atoms with Gasteiger partial charge in [-0.1, -0.05) is 49.4 Å². The second-order valence-electron chi connectivity index (χ2n) is 4.44. The fourth-order valence-electron chi connectivity index (χ4n) is 2.08. The highest BCUT2D eigenvalue weighted by atomic mass is 79.9. The second-order valence-corrected chi connectivity index (χ2v) is 5.30. The lowest BCUT2D eigenvalue weighted by Gasteiger charge is -2.20. The van der Waals surface area contributed by atoms with Crippen molar-refractivity contribution >= 4 is 15.9 Å². The van der Waals surface area contributed by atoms with Crippen LogP contribution in [0, 0.1) is 5.82 Å². The average Bonchev–Trinajstić information content (AvgIpc) is 2.45. The van der Waals surface area contributed by atoms with Crippen LogP contribution in [0.25, 0.3) is 0 Å². The third-order valence-electron chi connectivity index (χ3n) is 3.02. The van der Waals surface area contributed by atoms with Gasteiger partial charge in [0.05, 0.1) is 10.5 Å². The van der Waals surface area contributed by atoms with E-state index in [9.17, 15) is 4.39 Å². The molecule has 0 fully saturated rings. The van der Waals surface area contributed by atoms with Crippen LogP contribution in [0.4, 0.5) is 4.39 Å². The van der Waals surface area contributed by atoms with Gasteiger partial charge in [0.1, 0.15) is 5.82 Å². The molecule has 2 rings (SSSR count). The highest BCUT2D eigenvalue weighted by Gasteiger charge is 2.18. The van der Waals surface area contributed by atoms with Gasteiger partial charge in [-0.3, -0.25) is 0 Å². The highest BCUT2D eigenvalue weighted by molar-refractivity contribution is 9.10. The first-order chi connectivity index (χ1) is 9.24. The van der Waals surface area contributed by atoms with Crippen LogP contribution in [0.3, 0.4) is 0 Å². The van der Waals surface area contributed by atoms with E-state index in [2.05, 4.69) is 28.2 Å². The first-order valence-corrected chi connectivity index (χ1v) is 7.25. The lowest BCUT2D eigenvalue weighted by Crippen LogP contribution is -2.24. The Morgan fingerprint density at radius 1 is 1.11 bits per heavy atom. The molecule has 0 aromatic heterocycles. The zero-order valence-electron chi connectivity index (χ0n) is 10.9. The first kappa shape index (κ1) is 14.2. The van der Waals surface area contributed by atoms with E-state index < -0.39 is 0 Å². The van der Waals surface area contributed by atoms with E-state index in [0.717, 1.165) is 18.5 Å². The molecule has 1 unspecified atom stereocenters. The minimum absolute atomic E-state index is 0.112. The Labute approximate surface area is 122 Å². The molecule has 3 heteroatoms. The normalized spacial score (nSPS) is 12.4. The van der Waals surface area contributed by atoms with Gasteiger partial charge in [0, 0.05) is 5.56 Å². The Morgan fingerprint density at radius 3 is 2.53 bits per heavy atom. The Morgan fingerprint density at radius 2 is 1.84 bits per heavy atom. The summed E-state index contributed by atoms with van der Waals surface area (Å²) >= 11 is 3.25. The topological polar surface area (TPSA) is 12.0 Å². The Balaban J connectivity index is 2.40. The van der Waals surface area contributed by atoms with Crippen LogP contribution in [0.1, 0.15) is 30.5 Å². The molecule has 2 aromatic carbocycles. The number of hydrogen-bond acceptors (Lipinski definition) is 1. The minimum Gasteiger partial charge on any atom is -0.306 e. The van der Waals surface area contributed by atoms with E-state index in [-0.39, 0.29) is 11.9 Å². The van der Waals surface area contributed by atoms with Gasteiger partial charge >= 0.3 is 0 Å². The molecule has 0 saturated carbocycles. The zero-order chi connectivity index (χ0) is 13.7. The molecule has 0 radical (unpaired) electrons. The van der Waals surface area contributed by atoms with Crippen molar-refractivity contribution in [1.29, 1.82) is 0 Å².